The molecule has 4 rings (SSSR count). The van der Waals surface area contributed by atoms with Crippen molar-refractivity contribution in [3.63, 3.8) is 0 Å². The van der Waals surface area contributed by atoms with Crippen molar-refractivity contribution in [3.05, 3.63) is 69.0 Å². The number of aryl methyl sites for hydroxylation is 1. The zero-order chi connectivity index (χ0) is 24.2. The second-order valence-corrected chi connectivity index (χ2v) is 8.52. The molecule has 2 heterocycles. The van der Waals surface area contributed by atoms with Crippen LogP contribution in [0.25, 0.3) is 11.0 Å². The molecule has 8 nitrogen and oxygen atoms in total. The zero-order valence-electron chi connectivity index (χ0n) is 18.8. The lowest BCUT2D eigenvalue weighted by Crippen LogP contribution is -2.34. The fourth-order valence-electron chi connectivity index (χ4n) is 3.60. The number of hydrogen-bond donors (Lipinski definition) is 1. The highest BCUT2D eigenvalue weighted by atomic mass is 35.5. The Bertz CT molecular complexity index is 1280. The molecule has 1 fully saturated rings. The van der Waals surface area contributed by atoms with E-state index in [1.807, 2.05) is 6.92 Å². The first kappa shape index (κ1) is 23.8. The smallest absolute Gasteiger partial charge is 0.352 e. The maximum Gasteiger partial charge on any atom is 0.352 e. The number of carbonyl (C=O) groups excluding carboxylic acids is 2. The van der Waals surface area contributed by atoms with Crippen LogP contribution in [0.2, 0.25) is 5.02 Å². The van der Waals surface area contributed by atoms with Crippen LogP contribution in [0, 0.1) is 6.92 Å². The first-order valence-corrected chi connectivity index (χ1v) is 11.3. The minimum atomic E-state index is -0.891. The third-order valence-electron chi connectivity index (χ3n) is 5.46. The lowest BCUT2D eigenvalue weighted by molar-refractivity contribution is -0.141. The molecule has 2 atom stereocenters. The van der Waals surface area contributed by atoms with Crippen molar-refractivity contribution < 1.29 is 28.2 Å². The molecule has 34 heavy (non-hydrogen) atoms. The predicted octanol–water partition coefficient (Wildman–Crippen LogP) is 4.04. The van der Waals surface area contributed by atoms with Crippen LogP contribution in [0.4, 0.5) is 0 Å². The second kappa shape index (κ2) is 10.3. The van der Waals surface area contributed by atoms with E-state index in [4.69, 9.17) is 30.2 Å². The maximum absolute atomic E-state index is 12.5. The van der Waals surface area contributed by atoms with Gasteiger partial charge in [-0.1, -0.05) is 11.6 Å². The van der Waals surface area contributed by atoms with Gasteiger partial charge in [0.25, 0.3) is 5.91 Å². The van der Waals surface area contributed by atoms with Gasteiger partial charge in [0.05, 0.1) is 6.10 Å². The third kappa shape index (κ3) is 5.58. The summed E-state index contributed by atoms with van der Waals surface area (Å²) in [4.78, 5) is 37.3. The van der Waals surface area contributed by atoms with E-state index in [-0.39, 0.29) is 23.0 Å². The lowest BCUT2D eigenvalue weighted by Gasteiger charge is -2.15. The highest BCUT2D eigenvalue weighted by Gasteiger charge is 2.21. The standard InChI is InChI=1S/C25H24ClNO7/c1-14-10-17(26)6-8-21(14)32-15(2)24(29)33-18-7-5-16-11-20(25(30)34-22(16)12-18)23(28)27-13-19-4-3-9-31-19/h5-8,10-12,15,19H,3-4,9,13H2,1-2H3,(H,27,28). The average molecular weight is 486 g/mol. The van der Waals surface area contributed by atoms with Crippen molar-refractivity contribution in [3.8, 4) is 11.5 Å². The fraction of sp³-hybridized carbons (Fsp3) is 0.320. The molecule has 0 bridgehead atoms. The van der Waals surface area contributed by atoms with E-state index in [9.17, 15) is 14.4 Å². The van der Waals surface area contributed by atoms with Gasteiger partial charge in [-0.3, -0.25) is 4.79 Å². The number of rotatable bonds is 7. The number of hydrogen-bond acceptors (Lipinski definition) is 7. The fourth-order valence-corrected chi connectivity index (χ4v) is 3.83. The zero-order valence-corrected chi connectivity index (χ0v) is 19.5. The molecule has 0 aliphatic carbocycles. The van der Waals surface area contributed by atoms with Gasteiger partial charge in [0.2, 0.25) is 0 Å². The minimum Gasteiger partial charge on any atom is -0.479 e. The van der Waals surface area contributed by atoms with Crippen molar-refractivity contribution >= 4 is 34.4 Å². The van der Waals surface area contributed by atoms with Gasteiger partial charge in [-0.05, 0) is 68.7 Å². The number of carbonyl (C=O) groups is 2. The van der Waals surface area contributed by atoms with Gasteiger partial charge < -0.3 is 23.9 Å². The number of benzene rings is 2. The summed E-state index contributed by atoms with van der Waals surface area (Å²) in [5.74, 6) is -0.450. The molecular weight excluding hydrogens is 462 g/mol. The molecule has 3 aromatic rings. The largest absolute Gasteiger partial charge is 0.479 e. The molecule has 1 aliphatic rings. The van der Waals surface area contributed by atoms with E-state index >= 15 is 0 Å². The Hall–Kier alpha value is -3.36. The lowest BCUT2D eigenvalue weighted by atomic mass is 10.1. The summed E-state index contributed by atoms with van der Waals surface area (Å²) in [7, 11) is 0. The molecule has 1 N–H and O–H groups in total. The highest BCUT2D eigenvalue weighted by molar-refractivity contribution is 6.30. The van der Waals surface area contributed by atoms with Gasteiger partial charge in [-0.25, -0.2) is 9.59 Å². The first-order chi connectivity index (χ1) is 16.3. The minimum absolute atomic E-state index is 0.0383. The summed E-state index contributed by atoms with van der Waals surface area (Å²) in [6.07, 6.45) is 0.898. The monoisotopic (exact) mass is 485 g/mol. The third-order valence-corrected chi connectivity index (χ3v) is 5.69. The van der Waals surface area contributed by atoms with Crippen LogP contribution in [0.3, 0.4) is 0 Å². The molecule has 2 aromatic carbocycles. The van der Waals surface area contributed by atoms with E-state index in [0.717, 1.165) is 18.4 Å². The number of amides is 1. The number of esters is 1. The molecule has 2 unspecified atom stereocenters. The van der Waals surface area contributed by atoms with Gasteiger partial charge >= 0.3 is 11.6 Å². The van der Waals surface area contributed by atoms with E-state index in [2.05, 4.69) is 5.32 Å². The van der Waals surface area contributed by atoms with Gasteiger partial charge in [0.1, 0.15) is 22.6 Å². The predicted molar refractivity (Wildman–Crippen MR) is 126 cm³/mol. The van der Waals surface area contributed by atoms with Crippen LogP contribution in [-0.4, -0.2) is 37.2 Å². The van der Waals surface area contributed by atoms with Crippen LogP contribution >= 0.6 is 11.6 Å². The quantitative estimate of drug-likeness (QED) is 0.306. The SMILES string of the molecule is Cc1cc(Cl)ccc1OC(C)C(=O)Oc1ccc2cc(C(=O)NCC3CCCO3)c(=O)oc2c1. The molecular formula is C25H24ClNO7. The molecule has 0 spiro atoms. The number of fused-ring (bicyclic) bond motifs is 1. The van der Waals surface area contributed by atoms with Crippen LogP contribution in [0.5, 0.6) is 11.5 Å². The van der Waals surface area contributed by atoms with Crippen LogP contribution in [-0.2, 0) is 9.53 Å². The van der Waals surface area contributed by atoms with Crippen molar-refractivity contribution in [1.82, 2.24) is 5.32 Å². The van der Waals surface area contributed by atoms with E-state index in [0.29, 0.717) is 29.3 Å². The van der Waals surface area contributed by atoms with Crippen molar-refractivity contribution in [2.45, 2.75) is 38.9 Å². The summed E-state index contributed by atoms with van der Waals surface area (Å²) in [6, 6.07) is 11.1. The Balaban J connectivity index is 1.43. The van der Waals surface area contributed by atoms with Crippen molar-refractivity contribution in [1.29, 1.82) is 0 Å². The van der Waals surface area contributed by atoms with E-state index < -0.39 is 23.6 Å². The van der Waals surface area contributed by atoms with Crippen molar-refractivity contribution in [2.75, 3.05) is 13.2 Å². The Labute approximate surface area is 200 Å². The molecule has 0 saturated carbocycles. The number of halogens is 1. The molecule has 1 aliphatic heterocycles. The Morgan fingerprint density at radius 2 is 2.03 bits per heavy atom. The van der Waals surface area contributed by atoms with Crippen LogP contribution in [0.1, 0.15) is 35.7 Å². The summed E-state index contributed by atoms with van der Waals surface area (Å²) in [5, 5.41) is 3.80. The van der Waals surface area contributed by atoms with Gasteiger partial charge in [0, 0.05) is 29.6 Å². The Kier molecular flexibility index (Phi) is 7.19. The summed E-state index contributed by atoms with van der Waals surface area (Å²) >= 11 is 5.95. The molecule has 1 amide bonds. The second-order valence-electron chi connectivity index (χ2n) is 8.08. The van der Waals surface area contributed by atoms with Crippen molar-refractivity contribution in [2.24, 2.45) is 0 Å². The molecule has 1 saturated heterocycles. The summed E-state index contributed by atoms with van der Waals surface area (Å²) < 4.78 is 21.9. The topological polar surface area (TPSA) is 104 Å². The van der Waals surface area contributed by atoms with Crippen LogP contribution in [0.15, 0.2) is 51.7 Å². The molecule has 9 heteroatoms. The Morgan fingerprint density at radius 3 is 2.76 bits per heavy atom. The number of ether oxygens (including phenoxy) is 3. The average Bonchev–Trinajstić information content (AvgIpc) is 3.32. The molecule has 1 aromatic heterocycles. The van der Waals surface area contributed by atoms with Gasteiger partial charge in [-0.15, -0.1) is 0 Å². The van der Waals surface area contributed by atoms with Gasteiger partial charge in [-0.2, -0.15) is 0 Å². The van der Waals surface area contributed by atoms with E-state index in [1.54, 1.807) is 37.3 Å². The molecule has 178 valence electrons. The van der Waals surface area contributed by atoms with E-state index in [1.165, 1.54) is 12.1 Å². The normalized spacial score (nSPS) is 16.3. The Morgan fingerprint density at radius 1 is 1.21 bits per heavy atom. The highest BCUT2D eigenvalue weighted by Crippen LogP contribution is 2.24. The first-order valence-electron chi connectivity index (χ1n) is 10.9. The number of nitrogens with one attached hydrogen (secondary N) is 1. The summed E-state index contributed by atoms with van der Waals surface area (Å²) in [6.45, 7) is 4.40. The van der Waals surface area contributed by atoms with Gasteiger partial charge in [0.15, 0.2) is 6.10 Å². The summed E-state index contributed by atoms with van der Waals surface area (Å²) in [5.41, 5.74) is 0.0923. The molecule has 0 radical (unpaired) electrons. The van der Waals surface area contributed by atoms with Crippen LogP contribution < -0.4 is 20.4 Å². The maximum atomic E-state index is 12.5.